The molecule has 0 radical (unpaired) electrons. The Morgan fingerprint density at radius 1 is 0.643 bits per heavy atom. The lowest BCUT2D eigenvalue weighted by molar-refractivity contribution is 1.69. The summed E-state index contributed by atoms with van der Waals surface area (Å²) in [7, 11) is 0. The second kappa shape index (κ2) is 2.85. The average molecular weight is 178 g/mol. The second-order valence-corrected chi connectivity index (χ2v) is 3.51. The smallest absolute Gasteiger partial charge is 0.00389 e. The van der Waals surface area contributed by atoms with Gasteiger partial charge in [0.1, 0.15) is 0 Å². The molecule has 0 bridgehead atoms. The van der Waals surface area contributed by atoms with Crippen LogP contribution in [-0.2, 0) is 0 Å². The molecule has 0 N–H and O–H groups in total. The molecule has 66 valence electrons. The number of hydrogen-bond donors (Lipinski definition) is 0. The molecule has 0 heterocycles. The van der Waals surface area contributed by atoms with Gasteiger partial charge in [0.2, 0.25) is 0 Å². The summed E-state index contributed by atoms with van der Waals surface area (Å²) in [6.45, 7) is 0. The summed E-state index contributed by atoms with van der Waals surface area (Å²) in [5.41, 5.74) is 2.62. The second-order valence-electron chi connectivity index (χ2n) is 3.51. The van der Waals surface area contributed by atoms with Gasteiger partial charge >= 0.3 is 0 Å². The van der Waals surface area contributed by atoms with Crippen LogP contribution in [0.15, 0.2) is 48.6 Å². The Morgan fingerprint density at radius 2 is 1.21 bits per heavy atom. The normalized spacial score (nSPS) is 13.1. The van der Waals surface area contributed by atoms with Crippen molar-refractivity contribution >= 4 is 22.9 Å². The zero-order valence-corrected chi connectivity index (χ0v) is 7.77. The highest BCUT2D eigenvalue weighted by Gasteiger charge is 2.02. The first kappa shape index (κ1) is 7.57. The van der Waals surface area contributed by atoms with Crippen LogP contribution in [0.3, 0.4) is 0 Å². The zero-order chi connectivity index (χ0) is 9.38. The summed E-state index contributed by atoms with van der Waals surface area (Å²) in [6.07, 6.45) is 8.51. The fraction of sp³-hybridized carbons (Fsp3) is 0. The molecule has 0 fully saturated rings. The molecule has 0 saturated carbocycles. The van der Waals surface area contributed by atoms with Gasteiger partial charge in [-0.15, -0.1) is 0 Å². The maximum absolute atomic E-state index is 2.16. The monoisotopic (exact) mass is 178 g/mol. The lowest BCUT2D eigenvalue weighted by Crippen LogP contribution is -1.81. The Labute approximate surface area is 83.2 Å². The molecule has 0 aromatic heterocycles. The molecule has 0 atom stereocenters. The highest BCUT2D eigenvalue weighted by atomic mass is 14.1. The lowest BCUT2D eigenvalue weighted by atomic mass is 10.00. The Balaban J connectivity index is 2.56. The number of hydrogen-bond acceptors (Lipinski definition) is 0. The molecular weight excluding hydrogens is 168 g/mol. The molecule has 0 nitrogen and oxygen atoms in total. The number of benzene rings is 2. The van der Waals surface area contributed by atoms with Gasteiger partial charge in [0, 0.05) is 0 Å². The van der Waals surface area contributed by atoms with Crippen LogP contribution in [-0.4, -0.2) is 0 Å². The van der Waals surface area contributed by atoms with Gasteiger partial charge in [0.25, 0.3) is 0 Å². The predicted octanol–water partition coefficient (Wildman–Crippen LogP) is 3.88. The van der Waals surface area contributed by atoms with Crippen molar-refractivity contribution in [2.75, 3.05) is 0 Å². The molecule has 0 aliphatic heterocycles. The minimum Gasteiger partial charge on any atom is -0.0616 e. The van der Waals surface area contributed by atoms with E-state index in [0.29, 0.717) is 0 Å². The molecule has 2 aromatic rings. The van der Waals surface area contributed by atoms with Crippen LogP contribution in [0.5, 0.6) is 0 Å². The SMILES string of the molecule is C1=Cc2cccc3cccc(c23)C=C1. The fourth-order valence-electron chi connectivity index (χ4n) is 2.00. The maximum atomic E-state index is 2.16. The largest absolute Gasteiger partial charge is 0.0616 e. The summed E-state index contributed by atoms with van der Waals surface area (Å²) in [5, 5.41) is 2.68. The van der Waals surface area contributed by atoms with Crippen molar-refractivity contribution in [3.63, 3.8) is 0 Å². The predicted molar refractivity (Wildman–Crippen MR) is 62.0 cm³/mol. The van der Waals surface area contributed by atoms with Crippen LogP contribution in [0.2, 0.25) is 0 Å². The molecule has 0 heteroatoms. The van der Waals surface area contributed by atoms with Crippen molar-refractivity contribution in [3.8, 4) is 0 Å². The van der Waals surface area contributed by atoms with Gasteiger partial charge in [0.15, 0.2) is 0 Å². The molecule has 3 rings (SSSR count). The summed E-state index contributed by atoms with van der Waals surface area (Å²) in [4.78, 5) is 0. The maximum Gasteiger partial charge on any atom is -0.00389 e. The van der Waals surface area contributed by atoms with Gasteiger partial charge in [-0.05, 0) is 21.9 Å². The van der Waals surface area contributed by atoms with Crippen LogP contribution in [0.25, 0.3) is 22.9 Å². The summed E-state index contributed by atoms with van der Waals surface area (Å²) in [6, 6.07) is 12.9. The topological polar surface area (TPSA) is 0 Å². The van der Waals surface area contributed by atoms with E-state index < -0.39 is 0 Å². The van der Waals surface area contributed by atoms with Crippen molar-refractivity contribution < 1.29 is 0 Å². The standard InChI is InChI=1S/C14H10/c1-2-6-12-8-4-10-13-9-3-7-11(5-1)14(12)13/h1-10H. The van der Waals surface area contributed by atoms with E-state index in [1.807, 2.05) is 0 Å². The fourth-order valence-corrected chi connectivity index (χ4v) is 2.00. The number of allylic oxidation sites excluding steroid dienone is 2. The van der Waals surface area contributed by atoms with E-state index in [-0.39, 0.29) is 0 Å². The van der Waals surface area contributed by atoms with Gasteiger partial charge in [-0.3, -0.25) is 0 Å². The minimum absolute atomic E-state index is 1.31. The van der Waals surface area contributed by atoms with E-state index in [9.17, 15) is 0 Å². The van der Waals surface area contributed by atoms with Crippen LogP contribution >= 0.6 is 0 Å². The molecule has 1 aliphatic carbocycles. The molecule has 2 aromatic carbocycles. The van der Waals surface area contributed by atoms with Crippen molar-refractivity contribution in [2.45, 2.75) is 0 Å². The Kier molecular flexibility index (Phi) is 1.54. The quantitative estimate of drug-likeness (QED) is 0.574. The molecule has 14 heavy (non-hydrogen) atoms. The third-order valence-corrected chi connectivity index (χ3v) is 2.63. The third kappa shape index (κ3) is 1.01. The highest BCUT2D eigenvalue weighted by molar-refractivity contribution is 5.98. The van der Waals surface area contributed by atoms with E-state index >= 15 is 0 Å². The van der Waals surface area contributed by atoms with Gasteiger partial charge < -0.3 is 0 Å². The van der Waals surface area contributed by atoms with Crippen LogP contribution in [0, 0.1) is 0 Å². The van der Waals surface area contributed by atoms with Gasteiger partial charge in [-0.25, -0.2) is 0 Å². The van der Waals surface area contributed by atoms with Gasteiger partial charge in [-0.1, -0.05) is 60.7 Å². The van der Waals surface area contributed by atoms with Gasteiger partial charge in [0.05, 0.1) is 0 Å². The van der Waals surface area contributed by atoms with E-state index in [1.165, 1.54) is 21.9 Å². The van der Waals surface area contributed by atoms with Crippen molar-refractivity contribution in [3.05, 3.63) is 59.7 Å². The third-order valence-electron chi connectivity index (χ3n) is 2.63. The Bertz CT molecular complexity index is 498. The Hall–Kier alpha value is -1.82. The van der Waals surface area contributed by atoms with Crippen molar-refractivity contribution in [1.29, 1.82) is 0 Å². The molecule has 1 aliphatic rings. The first-order valence-electron chi connectivity index (χ1n) is 4.82. The van der Waals surface area contributed by atoms with Crippen molar-refractivity contribution in [2.24, 2.45) is 0 Å². The Morgan fingerprint density at radius 3 is 1.79 bits per heavy atom. The van der Waals surface area contributed by atoms with Crippen LogP contribution in [0.4, 0.5) is 0 Å². The minimum atomic E-state index is 1.31. The first-order valence-corrected chi connectivity index (χ1v) is 4.82. The molecule has 0 amide bonds. The average Bonchev–Trinajstić information content (AvgIpc) is 2.44. The lowest BCUT2D eigenvalue weighted by Gasteiger charge is -2.04. The summed E-state index contributed by atoms with van der Waals surface area (Å²) >= 11 is 0. The highest BCUT2D eigenvalue weighted by Crippen LogP contribution is 2.26. The zero-order valence-electron chi connectivity index (χ0n) is 7.77. The van der Waals surface area contributed by atoms with Crippen LogP contribution in [0.1, 0.15) is 11.1 Å². The first-order chi connectivity index (χ1) is 6.95. The van der Waals surface area contributed by atoms with E-state index in [0.717, 1.165) is 0 Å². The van der Waals surface area contributed by atoms with Crippen LogP contribution < -0.4 is 0 Å². The molecule has 0 spiro atoms. The molecule has 0 unspecified atom stereocenters. The van der Waals surface area contributed by atoms with E-state index in [2.05, 4.69) is 60.7 Å². The molecular formula is C14H10. The van der Waals surface area contributed by atoms with Gasteiger partial charge in [-0.2, -0.15) is 0 Å². The van der Waals surface area contributed by atoms with E-state index in [1.54, 1.807) is 0 Å². The van der Waals surface area contributed by atoms with Crippen molar-refractivity contribution in [1.82, 2.24) is 0 Å². The summed E-state index contributed by atoms with van der Waals surface area (Å²) < 4.78 is 0. The van der Waals surface area contributed by atoms with E-state index in [4.69, 9.17) is 0 Å². The number of rotatable bonds is 0. The molecule has 0 saturated heterocycles. The summed E-state index contributed by atoms with van der Waals surface area (Å²) in [5.74, 6) is 0.